The topological polar surface area (TPSA) is 46.1 Å². The molecule has 2 aliphatic heterocycles. The number of guanidine groups is 1. The fourth-order valence-corrected chi connectivity index (χ4v) is 5.13. The van der Waals surface area contributed by atoms with Gasteiger partial charge in [0.15, 0.2) is 5.96 Å². The van der Waals surface area contributed by atoms with Crippen molar-refractivity contribution in [1.82, 2.24) is 10.2 Å². The van der Waals surface area contributed by atoms with Crippen LogP contribution >= 0.6 is 24.0 Å². The van der Waals surface area contributed by atoms with Gasteiger partial charge in [0.2, 0.25) is 0 Å². The van der Waals surface area contributed by atoms with Crippen LogP contribution in [0.3, 0.4) is 0 Å². The molecule has 0 spiro atoms. The third kappa shape index (κ3) is 4.33. The van der Waals surface area contributed by atoms with Crippen molar-refractivity contribution < 1.29 is 9.47 Å². The maximum atomic E-state index is 5.97. The van der Waals surface area contributed by atoms with Gasteiger partial charge in [-0.25, -0.2) is 0 Å². The molecule has 1 N–H and O–H groups in total. The first kappa shape index (κ1) is 21.8. The number of hydrogen-bond acceptors (Lipinski definition) is 3. The van der Waals surface area contributed by atoms with Gasteiger partial charge in [-0.05, 0) is 18.4 Å². The first-order valence-electron chi connectivity index (χ1n) is 10.3. The Labute approximate surface area is 186 Å². The summed E-state index contributed by atoms with van der Waals surface area (Å²) < 4.78 is 11.9. The fraction of sp³-hybridized carbons (Fsp3) is 0.682. The predicted molar refractivity (Wildman–Crippen MR) is 123 cm³/mol. The zero-order chi connectivity index (χ0) is 18.9. The lowest BCUT2D eigenvalue weighted by Gasteiger charge is -2.55. The second kappa shape index (κ2) is 9.30. The minimum absolute atomic E-state index is 0. The summed E-state index contributed by atoms with van der Waals surface area (Å²) in [5, 5.41) is 3.76. The van der Waals surface area contributed by atoms with Crippen molar-refractivity contribution in [3.05, 3.63) is 35.9 Å². The molecule has 4 atom stereocenters. The maximum Gasteiger partial charge on any atom is 0.193 e. The van der Waals surface area contributed by atoms with Gasteiger partial charge in [-0.1, -0.05) is 44.2 Å². The second-order valence-corrected chi connectivity index (χ2v) is 8.84. The van der Waals surface area contributed by atoms with Crippen LogP contribution in [0.2, 0.25) is 0 Å². The number of nitrogens with one attached hydrogen (secondary N) is 1. The van der Waals surface area contributed by atoms with Crippen LogP contribution in [-0.2, 0) is 16.1 Å². The molecule has 0 radical (unpaired) electrons. The van der Waals surface area contributed by atoms with Crippen LogP contribution in [0.4, 0.5) is 0 Å². The van der Waals surface area contributed by atoms with Crippen molar-refractivity contribution in [3.8, 4) is 0 Å². The molecule has 2 saturated heterocycles. The van der Waals surface area contributed by atoms with Crippen LogP contribution in [-0.4, -0.2) is 56.4 Å². The third-order valence-electron chi connectivity index (χ3n) is 6.65. The van der Waals surface area contributed by atoms with Gasteiger partial charge in [0.05, 0.1) is 19.3 Å². The first-order valence-corrected chi connectivity index (χ1v) is 10.3. The van der Waals surface area contributed by atoms with Crippen LogP contribution in [0.1, 0.15) is 32.3 Å². The van der Waals surface area contributed by atoms with E-state index in [1.165, 1.54) is 18.4 Å². The van der Waals surface area contributed by atoms with Gasteiger partial charge in [0.1, 0.15) is 0 Å². The number of fused-ring (bicyclic) bond motifs is 1. The normalized spacial score (nSPS) is 31.1. The SMILES string of the molecule is CN=C(NC1C2CCOC2C1(C)C)N1CCC(COCc2ccccc2)C1.I. The van der Waals surface area contributed by atoms with Gasteiger partial charge in [-0.2, -0.15) is 0 Å². The average Bonchev–Trinajstić information content (AvgIpc) is 3.32. The molecule has 0 aromatic heterocycles. The zero-order valence-electron chi connectivity index (χ0n) is 17.3. The molecular formula is C22H34IN3O2. The highest BCUT2D eigenvalue weighted by Crippen LogP contribution is 2.52. The molecule has 4 rings (SSSR count). The Hall–Kier alpha value is -0.860. The summed E-state index contributed by atoms with van der Waals surface area (Å²) in [5.74, 6) is 2.25. The molecule has 1 aromatic carbocycles. The van der Waals surface area contributed by atoms with Crippen molar-refractivity contribution >= 4 is 29.9 Å². The van der Waals surface area contributed by atoms with E-state index in [-0.39, 0.29) is 29.4 Å². The van der Waals surface area contributed by atoms with Crippen molar-refractivity contribution in [2.75, 3.05) is 33.4 Å². The van der Waals surface area contributed by atoms with E-state index in [1.807, 2.05) is 13.1 Å². The molecule has 2 heterocycles. The lowest BCUT2D eigenvalue weighted by Crippen LogP contribution is -2.68. The van der Waals surface area contributed by atoms with Crippen LogP contribution in [0.5, 0.6) is 0 Å². The summed E-state index contributed by atoms with van der Waals surface area (Å²) in [6.45, 7) is 9.12. The van der Waals surface area contributed by atoms with Gasteiger partial charge < -0.3 is 19.7 Å². The summed E-state index contributed by atoms with van der Waals surface area (Å²) in [5.41, 5.74) is 1.42. The summed E-state index contributed by atoms with van der Waals surface area (Å²) in [6.07, 6.45) is 2.74. The smallest absolute Gasteiger partial charge is 0.193 e. The molecule has 0 amide bonds. The monoisotopic (exact) mass is 499 g/mol. The quantitative estimate of drug-likeness (QED) is 0.383. The number of benzene rings is 1. The highest BCUT2D eigenvalue weighted by atomic mass is 127. The van der Waals surface area contributed by atoms with Crippen molar-refractivity contribution in [2.24, 2.45) is 22.2 Å². The van der Waals surface area contributed by atoms with Crippen molar-refractivity contribution in [2.45, 2.75) is 45.4 Å². The summed E-state index contributed by atoms with van der Waals surface area (Å²) in [6, 6.07) is 10.9. The lowest BCUT2D eigenvalue weighted by molar-refractivity contribution is -0.107. The number of aliphatic imine (C=N–C) groups is 1. The first-order chi connectivity index (χ1) is 13.1. The zero-order valence-corrected chi connectivity index (χ0v) is 19.6. The van der Waals surface area contributed by atoms with E-state index in [0.717, 1.165) is 32.3 Å². The molecule has 5 nitrogen and oxygen atoms in total. The molecule has 28 heavy (non-hydrogen) atoms. The van der Waals surface area contributed by atoms with Crippen LogP contribution in [0.15, 0.2) is 35.3 Å². The molecule has 3 fully saturated rings. The average molecular weight is 499 g/mol. The Balaban J connectivity index is 0.00000225. The van der Waals surface area contributed by atoms with Crippen LogP contribution < -0.4 is 5.32 Å². The molecule has 3 aliphatic rings. The summed E-state index contributed by atoms with van der Waals surface area (Å²) in [4.78, 5) is 6.98. The molecule has 1 saturated carbocycles. The molecular weight excluding hydrogens is 465 g/mol. The number of ether oxygens (including phenoxy) is 2. The molecule has 1 aliphatic carbocycles. The highest BCUT2D eigenvalue weighted by molar-refractivity contribution is 14.0. The van der Waals surface area contributed by atoms with E-state index in [4.69, 9.17) is 9.47 Å². The van der Waals surface area contributed by atoms with Crippen molar-refractivity contribution in [3.63, 3.8) is 0 Å². The van der Waals surface area contributed by atoms with Gasteiger partial charge in [0.25, 0.3) is 0 Å². The van der Waals surface area contributed by atoms with E-state index in [0.29, 0.717) is 30.6 Å². The molecule has 156 valence electrons. The Morgan fingerprint density at radius 2 is 2.07 bits per heavy atom. The summed E-state index contributed by atoms with van der Waals surface area (Å²) in [7, 11) is 1.90. The minimum atomic E-state index is 0. The highest BCUT2D eigenvalue weighted by Gasteiger charge is 2.59. The van der Waals surface area contributed by atoms with Gasteiger partial charge in [-0.3, -0.25) is 4.99 Å². The van der Waals surface area contributed by atoms with Gasteiger partial charge >= 0.3 is 0 Å². The molecule has 1 aromatic rings. The lowest BCUT2D eigenvalue weighted by atomic mass is 9.57. The van der Waals surface area contributed by atoms with E-state index < -0.39 is 0 Å². The number of rotatable bonds is 5. The number of likely N-dealkylation sites (tertiary alicyclic amines) is 1. The third-order valence-corrected chi connectivity index (χ3v) is 6.65. The van der Waals surface area contributed by atoms with Gasteiger partial charge in [0, 0.05) is 50.0 Å². The Morgan fingerprint density at radius 1 is 1.29 bits per heavy atom. The minimum Gasteiger partial charge on any atom is -0.377 e. The van der Waals surface area contributed by atoms with Crippen molar-refractivity contribution in [1.29, 1.82) is 0 Å². The van der Waals surface area contributed by atoms with Crippen LogP contribution in [0.25, 0.3) is 0 Å². The second-order valence-electron chi connectivity index (χ2n) is 8.84. The maximum absolute atomic E-state index is 5.97. The standard InChI is InChI=1S/C22H33N3O2.HI/c1-22(2)19(18-10-12-27-20(18)22)24-21(23-3)25-11-9-17(13-25)15-26-14-16-7-5-4-6-8-16;/h4-8,17-20H,9-15H2,1-3H3,(H,23,24);1H. The van der Waals surface area contributed by atoms with E-state index in [2.05, 4.69) is 53.3 Å². The molecule has 0 bridgehead atoms. The molecule has 4 unspecified atom stereocenters. The van der Waals surface area contributed by atoms with E-state index >= 15 is 0 Å². The Kier molecular flexibility index (Phi) is 7.26. The van der Waals surface area contributed by atoms with E-state index in [1.54, 1.807) is 0 Å². The molecule has 6 heteroatoms. The Bertz CT molecular complexity index is 667. The fourth-order valence-electron chi connectivity index (χ4n) is 5.13. The van der Waals surface area contributed by atoms with Gasteiger partial charge in [-0.15, -0.1) is 24.0 Å². The summed E-state index contributed by atoms with van der Waals surface area (Å²) >= 11 is 0. The number of halogens is 1. The predicted octanol–water partition coefficient (Wildman–Crippen LogP) is 3.53. The van der Waals surface area contributed by atoms with Crippen LogP contribution in [0, 0.1) is 17.3 Å². The number of nitrogens with zero attached hydrogens (tertiary/aromatic N) is 2. The number of hydrogen-bond donors (Lipinski definition) is 1. The largest absolute Gasteiger partial charge is 0.377 e. The Morgan fingerprint density at radius 3 is 2.82 bits per heavy atom. The van der Waals surface area contributed by atoms with E-state index in [9.17, 15) is 0 Å².